The molecule has 0 bridgehead atoms. The topological polar surface area (TPSA) is 49.7 Å². The summed E-state index contributed by atoms with van der Waals surface area (Å²) in [5.41, 5.74) is 1.72. The molecule has 0 saturated carbocycles. The summed E-state index contributed by atoms with van der Waals surface area (Å²) < 4.78 is 18.7. The number of fused-ring (bicyclic) bond motifs is 1. The zero-order valence-electron chi connectivity index (χ0n) is 17.4. The van der Waals surface area contributed by atoms with Gasteiger partial charge in [0, 0.05) is 18.0 Å². The molecule has 0 N–H and O–H groups in total. The van der Waals surface area contributed by atoms with Crippen molar-refractivity contribution in [1.82, 2.24) is 4.57 Å². The summed E-state index contributed by atoms with van der Waals surface area (Å²) in [6.45, 7) is 3.28. The predicted molar refractivity (Wildman–Crippen MR) is 116 cm³/mol. The van der Waals surface area contributed by atoms with E-state index in [1.807, 2.05) is 48.5 Å². The highest BCUT2D eigenvalue weighted by Gasteiger charge is 2.18. The second kappa shape index (κ2) is 10.0. The van der Waals surface area contributed by atoms with E-state index in [9.17, 15) is 4.79 Å². The first-order valence-corrected chi connectivity index (χ1v) is 10.1. The Labute approximate surface area is 171 Å². The third-order valence-electron chi connectivity index (χ3n) is 5.04. The lowest BCUT2D eigenvalue weighted by Crippen LogP contribution is -2.23. The monoisotopic (exact) mass is 395 g/mol. The van der Waals surface area contributed by atoms with Gasteiger partial charge in [0.1, 0.15) is 12.4 Å². The summed E-state index contributed by atoms with van der Waals surface area (Å²) in [5.74, 6) is 1.43. The van der Waals surface area contributed by atoms with Crippen LogP contribution in [0.25, 0.3) is 10.9 Å². The van der Waals surface area contributed by atoms with Crippen LogP contribution in [0.3, 0.4) is 0 Å². The molecule has 0 amide bonds. The number of pyridine rings is 1. The van der Waals surface area contributed by atoms with Gasteiger partial charge in [0.05, 0.1) is 19.7 Å². The number of hydrogen-bond donors (Lipinski definition) is 0. The van der Waals surface area contributed by atoms with Crippen molar-refractivity contribution >= 4 is 10.9 Å². The van der Waals surface area contributed by atoms with Gasteiger partial charge in [-0.25, -0.2) is 0 Å². The molecule has 0 fully saturated rings. The van der Waals surface area contributed by atoms with Gasteiger partial charge in [-0.15, -0.1) is 0 Å². The summed E-state index contributed by atoms with van der Waals surface area (Å²) in [4.78, 5) is 13.1. The fourth-order valence-electron chi connectivity index (χ4n) is 3.51. The molecule has 0 aliphatic heterocycles. The van der Waals surface area contributed by atoms with Gasteiger partial charge in [-0.1, -0.05) is 56.5 Å². The van der Waals surface area contributed by atoms with E-state index >= 15 is 0 Å². The van der Waals surface area contributed by atoms with E-state index < -0.39 is 0 Å². The quantitative estimate of drug-likeness (QED) is 0.444. The second-order valence-corrected chi connectivity index (χ2v) is 7.04. The predicted octanol–water partition coefficient (Wildman–Crippen LogP) is 5.18. The smallest absolute Gasteiger partial charge is 0.297 e. The fourth-order valence-corrected chi connectivity index (χ4v) is 3.51. The van der Waals surface area contributed by atoms with Gasteiger partial charge >= 0.3 is 0 Å². The number of aromatic nitrogens is 1. The van der Waals surface area contributed by atoms with Crippen molar-refractivity contribution in [2.24, 2.45) is 0 Å². The second-order valence-electron chi connectivity index (χ2n) is 7.04. The van der Waals surface area contributed by atoms with Crippen LogP contribution in [0.5, 0.6) is 17.2 Å². The van der Waals surface area contributed by atoms with Crippen molar-refractivity contribution < 1.29 is 14.2 Å². The van der Waals surface area contributed by atoms with Crippen LogP contribution in [-0.4, -0.2) is 18.8 Å². The summed E-state index contributed by atoms with van der Waals surface area (Å²) >= 11 is 0. The standard InChI is InChI=1S/C24H29NO4/c1-4-5-6-10-15-25-21-16-19(29-17-18-11-8-7-9-12-18)13-14-20(21)22(27-2)23(28-3)24(25)26/h7-9,11-14,16H,4-6,10,15,17H2,1-3H3. The van der Waals surface area contributed by atoms with E-state index in [0.29, 0.717) is 18.9 Å². The van der Waals surface area contributed by atoms with Crippen LogP contribution in [0.1, 0.15) is 38.2 Å². The van der Waals surface area contributed by atoms with Crippen LogP contribution in [0, 0.1) is 0 Å². The van der Waals surface area contributed by atoms with E-state index in [0.717, 1.165) is 47.9 Å². The highest BCUT2D eigenvalue weighted by Crippen LogP contribution is 2.34. The molecule has 0 radical (unpaired) electrons. The molecule has 0 saturated heterocycles. The first-order valence-electron chi connectivity index (χ1n) is 10.1. The first-order chi connectivity index (χ1) is 14.2. The molecule has 2 aromatic carbocycles. The number of aryl methyl sites for hydroxylation is 1. The Kier molecular flexibility index (Phi) is 7.17. The number of nitrogens with zero attached hydrogens (tertiary/aromatic N) is 1. The minimum Gasteiger partial charge on any atom is -0.492 e. The van der Waals surface area contributed by atoms with Crippen LogP contribution >= 0.6 is 0 Å². The van der Waals surface area contributed by atoms with E-state index in [-0.39, 0.29) is 11.3 Å². The van der Waals surface area contributed by atoms with Crippen molar-refractivity contribution in [3.05, 3.63) is 64.4 Å². The van der Waals surface area contributed by atoms with E-state index in [1.54, 1.807) is 11.7 Å². The average molecular weight is 395 g/mol. The molecule has 0 aliphatic rings. The van der Waals surface area contributed by atoms with Crippen LogP contribution < -0.4 is 19.8 Å². The minimum absolute atomic E-state index is 0.173. The normalized spacial score (nSPS) is 10.9. The molecule has 5 heteroatoms. The maximum Gasteiger partial charge on any atom is 0.297 e. The van der Waals surface area contributed by atoms with Crippen LogP contribution in [0.4, 0.5) is 0 Å². The molecule has 3 aromatic rings. The number of benzene rings is 2. The van der Waals surface area contributed by atoms with Crippen molar-refractivity contribution in [1.29, 1.82) is 0 Å². The van der Waals surface area contributed by atoms with Crippen molar-refractivity contribution in [3.63, 3.8) is 0 Å². The number of ether oxygens (including phenoxy) is 3. The molecular weight excluding hydrogens is 366 g/mol. The molecule has 3 rings (SSSR count). The number of unbranched alkanes of at least 4 members (excludes halogenated alkanes) is 3. The third kappa shape index (κ3) is 4.73. The van der Waals surface area contributed by atoms with Gasteiger partial charge in [0.25, 0.3) is 5.56 Å². The summed E-state index contributed by atoms with van der Waals surface area (Å²) in [6.07, 6.45) is 4.33. The Bertz CT molecular complexity index is 995. The molecule has 0 spiro atoms. The highest BCUT2D eigenvalue weighted by molar-refractivity contribution is 5.89. The number of hydrogen-bond acceptors (Lipinski definition) is 4. The first kappa shape index (κ1) is 20.8. The number of rotatable bonds is 10. The summed E-state index contributed by atoms with van der Waals surface area (Å²) in [7, 11) is 3.06. The van der Waals surface area contributed by atoms with E-state index in [2.05, 4.69) is 6.92 Å². The molecule has 154 valence electrons. The summed E-state index contributed by atoms with van der Waals surface area (Å²) in [5, 5.41) is 0.839. The van der Waals surface area contributed by atoms with Gasteiger partial charge < -0.3 is 18.8 Å². The minimum atomic E-state index is -0.173. The van der Waals surface area contributed by atoms with Gasteiger partial charge in [-0.2, -0.15) is 0 Å². The van der Waals surface area contributed by atoms with Crippen molar-refractivity contribution in [2.75, 3.05) is 14.2 Å². The van der Waals surface area contributed by atoms with E-state index in [4.69, 9.17) is 14.2 Å². The zero-order valence-corrected chi connectivity index (χ0v) is 17.4. The average Bonchev–Trinajstić information content (AvgIpc) is 2.76. The fraction of sp³-hybridized carbons (Fsp3) is 0.375. The lowest BCUT2D eigenvalue weighted by Gasteiger charge is -2.17. The highest BCUT2D eigenvalue weighted by atomic mass is 16.5. The molecule has 1 heterocycles. The lowest BCUT2D eigenvalue weighted by molar-refractivity contribution is 0.306. The molecule has 0 atom stereocenters. The SMILES string of the molecule is CCCCCCn1c(=O)c(OC)c(OC)c2ccc(OCc3ccccc3)cc21. The Balaban J connectivity index is 1.99. The van der Waals surface area contributed by atoms with E-state index in [1.165, 1.54) is 7.11 Å². The number of methoxy groups -OCH3 is 2. The van der Waals surface area contributed by atoms with Crippen LogP contribution in [0.15, 0.2) is 53.3 Å². The largest absolute Gasteiger partial charge is 0.492 e. The molecule has 1 aromatic heterocycles. The Morgan fingerprint density at radius 3 is 2.34 bits per heavy atom. The zero-order chi connectivity index (χ0) is 20.6. The summed E-state index contributed by atoms with van der Waals surface area (Å²) in [6, 6.07) is 15.8. The van der Waals surface area contributed by atoms with Crippen molar-refractivity contribution in [2.45, 2.75) is 45.8 Å². The Morgan fingerprint density at radius 2 is 1.66 bits per heavy atom. The molecule has 0 unspecified atom stereocenters. The third-order valence-corrected chi connectivity index (χ3v) is 5.04. The van der Waals surface area contributed by atoms with Crippen molar-refractivity contribution in [3.8, 4) is 17.2 Å². The maximum absolute atomic E-state index is 13.1. The maximum atomic E-state index is 13.1. The molecule has 5 nitrogen and oxygen atoms in total. The Hall–Kier alpha value is -2.95. The van der Waals surface area contributed by atoms with Gasteiger partial charge in [-0.3, -0.25) is 4.79 Å². The molecular formula is C24H29NO4. The molecule has 29 heavy (non-hydrogen) atoms. The van der Waals surface area contributed by atoms with Crippen LogP contribution in [-0.2, 0) is 13.2 Å². The van der Waals surface area contributed by atoms with Gasteiger partial charge in [0.2, 0.25) is 5.75 Å². The lowest BCUT2D eigenvalue weighted by atomic mass is 10.1. The van der Waals surface area contributed by atoms with Gasteiger partial charge in [-0.05, 0) is 24.1 Å². The molecule has 0 aliphatic carbocycles. The Morgan fingerprint density at radius 1 is 0.897 bits per heavy atom. The van der Waals surface area contributed by atoms with Crippen LogP contribution in [0.2, 0.25) is 0 Å². The van der Waals surface area contributed by atoms with Gasteiger partial charge in [0.15, 0.2) is 5.75 Å².